The number of methoxy groups -OCH3 is 2. The molecule has 0 amide bonds. The summed E-state index contributed by atoms with van der Waals surface area (Å²) in [7, 11) is 3.03. The summed E-state index contributed by atoms with van der Waals surface area (Å²) in [4.78, 5) is 22.0. The third kappa shape index (κ3) is 56.2. The maximum atomic E-state index is 11.0. The first kappa shape index (κ1) is 64.4. The average molecular weight is 915 g/mol. The number of rotatable bonds is 20. The minimum Gasteiger partial charge on any atom is -0.778 e. The second-order valence-electron chi connectivity index (χ2n) is 9.60. The van der Waals surface area contributed by atoms with E-state index >= 15 is 0 Å². The summed E-state index contributed by atoms with van der Waals surface area (Å²) in [5.74, 6) is -0.768. The van der Waals surface area contributed by atoms with Crippen LogP contribution in [0.1, 0.15) is 144 Å². The van der Waals surface area contributed by atoms with E-state index in [4.69, 9.17) is 44.2 Å². The van der Waals surface area contributed by atoms with Crippen molar-refractivity contribution in [3.8, 4) is 0 Å². The molecule has 264 valence electrons. The van der Waals surface area contributed by atoms with Crippen molar-refractivity contribution >= 4 is 112 Å². The summed E-state index contributed by atoms with van der Waals surface area (Å²) >= 11 is 9.44. The smallest absolute Gasteiger partial charge is 0.778 e. The molecule has 0 heterocycles. The van der Waals surface area contributed by atoms with E-state index in [0.29, 0.717) is 12.8 Å². The third-order valence-corrected chi connectivity index (χ3v) is 5.83. The first-order chi connectivity index (χ1) is 19.1. The van der Waals surface area contributed by atoms with Gasteiger partial charge in [0.05, 0.1) is 0 Å². The molecule has 4 unspecified atom stereocenters. The maximum Gasteiger partial charge on any atom is 2.00 e. The van der Waals surface area contributed by atoms with Gasteiger partial charge in [0, 0.05) is 51.0 Å². The van der Waals surface area contributed by atoms with Gasteiger partial charge >= 0.3 is 23.9 Å². The Morgan fingerprint density at radius 1 is 0.591 bits per heavy atom. The summed E-state index contributed by atoms with van der Waals surface area (Å²) < 4.78 is 19.7. The molecule has 0 fully saturated rings. The van der Waals surface area contributed by atoms with Gasteiger partial charge in [0.2, 0.25) is 12.6 Å². The van der Waals surface area contributed by atoms with Crippen molar-refractivity contribution in [1.29, 1.82) is 0 Å². The molecular formula is C32H68O6S4Sn2. The van der Waals surface area contributed by atoms with Crippen molar-refractivity contribution in [1.82, 2.24) is 0 Å². The number of carbonyl (C=O) groups is 2. The molecule has 0 aromatic heterocycles. The van der Waals surface area contributed by atoms with Gasteiger partial charge in [-0.1, -0.05) is 156 Å². The van der Waals surface area contributed by atoms with Gasteiger partial charge in [-0.05, 0) is 0 Å². The minimum absolute atomic E-state index is 0. The molecule has 6 nitrogen and oxygen atoms in total. The van der Waals surface area contributed by atoms with Gasteiger partial charge in [-0.2, -0.15) is 27.0 Å². The first-order valence-corrected chi connectivity index (χ1v) is 16.4. The number of hydrogen-bond donors (Lipinski definition) is 0. The molecular weight excluding hydrogens is 846 g/mol. The zero-order valence-corrected chi connectivity index (χ0v) is 38.6. The molecule has 0 aromatic carbocycles. The fourth-order valence-corrected chi connectivity index (χ4v) is 3.04. The van der Waals surface area contributed by atoms with E-state index in [1.165, 1.54) is 78.4 Å². The Bertz CT molecular complexity index is 467. The van der Waals surface area contributed by atoms with Crippen LogP contribution in [0.25, 0.3) is 0 Å². The fourth-order valence-electron chi connectivity index (χ4n) is 2.93. The largest absolute Gasteiger partial charge is 2.00 e. The predicted molar refractivity (Wildman–Crippen MR) is 207 cm³/mol. The average Bonchev–Trinajstić information content (AvgIpc) is 2.93. The third-order valence-electron chi connectivity index (χ3n) is 5.44. The van der Waals surface area contributed by atoms with Gasteiger partial charge in [0.15, 0.2) is 0 Å². The van der Waals surface area contributed by atoms with Crippen LogP contribution in [0.2, 0.25) is 0 Å². The van der Waals surface area contributed by atoms with Gasteiger partial charge in [-0.3, -0.25) is 9.59 Å². The number of esters is 2. The summed E-state index contributed by atoms with van der Waals surface area (Å²) in [6, 6.07) is 0. The van der Waals surface area contributed by atoms with Crippen LogP contribution >= 0.6 is 27.0 Å². The molecule has 0 saturated carbocycles. The van der Waals surface area contributed by atoms with Crippen molar-refractivity contribution in [3.63, 3.8) is 0 Å². The number of carbonyl (C=O) groups excluding carboxylic acids is 2. The molecule has 0 N–H and O–H groups in total. The summed E-state index contributed by atoms with van der Waals surface area (Å²) in [6.07, 6.45) is 18.3. The quantitative estimate of drug-likeness (QED) is 0.0398. The molecule has 0 aliphatic carbocycles. The Kier molecular flexibility index (Phi) is 79.5. The SMILES string of the molecule is CCCC(OC)OC(=O)C(C)[S-].CCCC(OC)OC(=O)C(C)[S-].S.S.[CH2]CCCCCCC.[CH2]CCCCCCC.[Sn+2].[Sn]. The Labute approximate surface area is 333 Å². The van der Waals surface area contributed by atoms with Gasteiger partial charge < -0.3 is 44.2 Å². The molecule has 44 heavy (non-hydrogen) atoms. The molecule has 0 rings (SSSR count). The van der Waals surface area contributed by atoms with Crippen LogP contribution in [0.3, 0.4) is 0 Å². The first-order valence-electron chi connectivity index (χ1n) is 15.4. The molecule has 8 radical (unpaired) electrons. The van der Waals surface area contributed by atoms with Crippen molar-refractivity contribution in [2.24, 2.45) is 0 Å². The van der Waals surface area contributed by atoms with Gasteiger partial charge in [-0.15, -0.1) is 0 Å². The second-order valence-corrected chi connectivity index (χ2v) is 11.0. The zero-order valence-electron chi connectivity index (χ0n) is 29.3. The van der Waals surface area contributed by atoms with E-state index in [-0.39, 0.29) is 86.7 Å². The van der Waals surface area contributed by atoms with Crippen LogP contribution < -0.4 is 0 Å². The molecule has 0 spiro atoms. The summed E-state index contributed by atoms with van der Waals surface area (Å²) in [5, 5.41) is -1.00. The monoisotopic (exact) mass is 916 g/mol. The summed E-state index contributed by atoms with van der Waals surface area (Å²) in [6.45, 7) is 19.3. The normalized spacial score (nSPS) is 11.9. The van der Waals surface area contributed by atoms with E-state index in [0.717, 1.165) is 25.7 Å². The van der Waals surface area contributed by atoms with E-state index in [2.05, 4.69) is 27.7 Å². The molecule has 12 heteroatoms. The second kappa shape index (κ2) is 54.3. The molecule has 4 atom stereocenters. The van der Waals surface area contributed by atoms with Gasteiger partial charge in [-0.25, -0.2) is 0 Å². The number of hydrogen-bond acceptors (Lipinski definition) is 8. The molecule has 0 bridgehead atoms. The Morgan fingerprint density at radius 2 is 0.864 bits per heavy atom. The standard InChI is InChI=1S/2C8H16O3S.2C8H17.2H2S.2Sn/c2*1-4-5-7(10-3)11-8(9)6(2)12;2*1-3-5-7-8-6-4-2;;;;/h2*6-7,12H,4-5H2,1-3H3;2*1,3-8H2,2H3;2*1H2;;/q;;;;;;;+2/p-2. The van der Waals surface area contributed by atoms with Crippen LogP contribution in [0.4, 0.5) is 0 Å². The maximum absolute atomic E-state index is 11.0. The van der Waals surface area contributed by atoms with Gasteiger partial charge in [0.1, 0.15) is 0 Å². The molecule has 0 aliphatic rings. The summed E-state index contributed by atoms with van der Waals surface area (Å²) in [5.41, 5.74) is 0. The predicted octanol–water partition coefficient (Wildman–Crippen LogP) is 8.30. The van der Waals surface area contributed by atoms with Crippen molar-refractivity contribution in [3.05, 3.63) is 13.8 Å². The minimum atomic E-state index is -0.500. The number of ether oxygens (including phenoxy) is 4. The molecule has 0 aromatic rings. The molecule has 0 aliphatic heterocycles. The van der Waals surface area contributed by atoms with Crippen LogP contribution in [-0.2, 0) is 53.8 Å². The van der Waals surface area contributed by atoms with Crippen molar-refractivity contribution in [2.75, 3.05) is 14.2 Å². The van der Waals surface area contributed by atoms with Gasteiger partial charge in [0.25, 0.3) is 11.9 Å². The zero-order chi connectivity index (χ0) is 31.6. The Morgan fingerprint density at radius 3 is 1.05 bits per heavy atom. The topological polar surface area (TPSA) is 71.1 Å². The van der Waals surface area contributed by atoms with E-state index < -0.39 is 23.1 Å². The van der Waals surface area contributed by atoms with Crippen LogP contribution in [-0.4, -0.2) is 97.1 Å². The number of unbranched alkanes of at least 4 members (excludes halogenated alkanes) is 10. The van der Waals surface area contributed by atoms with E-state index in [9.17, 15) is 9.59 Å². The van der Waals surface area contributed by atoms with Crippen LogP contribution in [0, 0.1) is 13.8 Å². The van der Waals surface area contributed by atoms with Crippen LogP contribution in [0.15, 0.2) is 0 Å². The van der Waals surface area contributed by atoms with Crippen LogP contribution in [0.5, 0.6) is 0 Å². The van der Waals surface area contributed by atoms with E-state index in [1.54, 1.807) is 13.8 Å². The fraction of sp³-hybridized carbons (Fsp3) is 0.875. The van der Waals surface area contributed by atoms with Crippen molar-refractivity contribution < 1.29 is 28.5 Å². The van der Waals surface area contributed by atoms with Crippen molar-refractivity contribution in [2.45, 2.75) is 167 Å². The Balaban J connectivity index is -0.0000000646. The molecule has 0 saturated heterocycles. The Hall–Kier alpha value is 1.86. The van der Waals surface area contributed by atoms with E-state index in [1.807, 2.05) is 13.8 Å².